The molecule has 5 heteroatoms. The predicted octanol–water partition coefficient (Wildman–Crippen LogP) is 0.649. The number of nitrogens with zero attached hydrogens (tertiary/aromatic N) is 1. The van der Waals surface area contributed by atoms with Crippen molar-refractivity contribution in [2.24, 2.45) is 5.84 Å². The second kappa shape index (κ2) is 5.59. The lowest BCUT2D eigenvalue weighted by Gasteiger charge is -2.39. The summed E-state index contributed by atoms with van der Waals surface area (Å²) in [6.45, 7) is 1.76. The smallest absolute Gasteiger partial charge is 0.244 e. The molecule has 1 fully saturated rings. The molecule has 5 nitrogen and oxygen atoms in total. The van der Waals surface area contributed by atoms with E-state index in [0.29, 0.717) is 0 Å². The van der Waals surface area contributed by atoms with Gasteiger partial charge in [-0.25, -0.2) is 5.84 Å². The number of rotatable bonds is 3. The van der Waals surface area contributed by atoms with Gasteiger partial charge in [-0.1, -0.05) is 12.1 Å². The quantitative estimate of drug-likeness (QED) is 0.477. The highest BCUT2D eigenvalue weighted by atomic mass is 16.5. The summed E-state index contributed by atoms with van der Waals surface area (Å²) < 4.78 is 5.25. The first kappa shape index (κ1) is 13.8. The molecule has 0 aromatic heterocycles. The fraction of sp³-hybridized carbons (Fsp3) is 0.500. The van der Waals surface area contributed by atoms with E-state index in [9.17, 15) is 4.79 Å². The molecule has 0 spiro atoms. The second-order valence-electron chi connectivity index (χ2n) is 5.09. The van der Waals surface area contributed by atoms with E-state index in [0.717, 1.165) is 37.2 Å². The Kier molecular flexibility index (Phi) is 4.07. The van der Waals surface area contributed by atoms with Crippen LogP contribution in [0.2, 0.25) is 0 Å². The van der Waals surface area contributed by atoms with Gasteiger partial charge in [0.2, 0.25) is 5.91 Å². The Morgan fingerprint density at radius 2 is 2.11 bits per heavy atom. The summed E-state index contributed by atoms with van der Waals surface area (Å²) in [5.41, 5.74) is 2.76. The summed E-state index contributed by atoms with van der Waals surface area (Å²) >= 11 is 0. The standard InChI is InChI=1S/C14H21N3O2/c1-17-8-6-14(7-9-17,13(18)16-15)11-4-3-5-12(10-11)19-2/h3-5,10H,6-9,15H2,1-2H3,(H,16,18). The molecule has 0 aliphatic carbocycles. The van der Waals surface area contributed by atoms with Crippen molar-refractivity contribution in [2.75, 3.05) is 27.2 Å². The lowest BCUT2D eigenvalue weighted by molar-refractivity contribution is -0.128. The highest BCUT2D eigenvalue weighted by molar-refractivity contribution is 5.88. The molecule has 1 aromatic carbocycles. The molecule has 1 aliphatic rings. The Morgan fingerprint density at radius 3 is 2.68 bits per heavy atom. The maximum Gasteiger partial charge on any atom is 0.244 e. The highest BCUT2D eigenvalue weighted by Crippen LogP contribution is 2.36. The zero-order valence-corrected chi connectivity index (χ0v) is 11.5. The minimum absolute atomic E-state index is 0.117. The van der Waals surface area contributed by atoms with Crippen LogP contribution in [0, 0.1) is 0 Å². The Morgan fingerprint density at radius 1 is 1.42 bits per heavy atom. The number of ether oxygens (including phenoxy) is 1. The molecule has 3 N–H and O–H groups in total. The molecular formula is C14H21N3O2. The number of piperidine rings is 1. The molecule has 19 heavy (non-hydrogen) atoms. The van der Waals surface area contributed by atoms with E-state index in [1.807, 2.05) is 24.3 Å². The van der Waals surface area contributed by atoms with Gasteiger partial charge in [0, 0.05) is 0 Å². The van der Waals surface area contributed by atoms with Crippen LogP contribution in [-0.2, 0) is 10.2 Å². The van der Waals surface area contributed by atoms with Crippen molar-refractivity contribution in [3.05, 3.63) is 29.8 Å². The molecule has 0 atom stereocenters. The van der Waals surface area contributed by atoms with E-state index >= 15 is 0 Å². The first-order valence-corrected chi connectivity index (χ1v) is 6.46. The number of carbonyl (C=O) groups is 1. The van der Waals surface area contributed by atoms with Gasteiger partial charge in [0.05, 0.1) is 12.5 Å². The van der Waals surface area contributed by atoms with Crippen LogP contribution >= 0.6 is 0 Å². The van der Waals surface area contributed by atoms with Gasteiger partial charge >= 0.3 is 0 Å². The highest BCUT2D eigenvalue weighted by Gasteiger charge is 2.42. The number of amides is 1. The Bertz CT molecular complexity index is 454. The van der Waals surface area contributed by atoms with Crippen LogP contribution in [0.5, 0.6) is 5.75 Å². The van der Waals surface area contributed by atoms with Gasteiger partial charge in [0.15, 0.2) is 0 Å². The van der Waals surface area contributed by atoms with Crippen LogP contribution < -0.4 is 16.0 Å². The van der Waals surface area contributed by atoms with E-state index in [-0.39, 0.29) is 5.91 Å². The van der Waals surface area contributed by atoms with Crippen molar-refractivity contribution < 1.29 is 9.53 Å². The molecule has 0 radical (unpaired) electrons. The van der Waals surface area contributed by atoms with Gasteiger partial charge in [0.25, 0.3) is 0 Å². The lowest BCUT2D eigenvalue weighted by Crippen LogP contribution is -2.52. The van der Waals surface area contributed by atoms with Gasteiger partial charge in [-0.15, -0.1) is 0 Å². The van der Waals surface area contributed by atoms with Crippen LogP contribution in [-0.4, -0.2) is 38.1 Å². The van der Waals surface area contributed by atoms with Crippen molar-refractivity contribution in [1.82, 2.24) is 10.3 Å². The van der Waals surface area contributed by atoms with E-state index in [4.69, 9.17) is 10.6 Å². The number of hydrogen-bond donors (Lipinski definition) is 2. The molecule has 104 valence electrons. The van der Waals surface area contributed by atoms with Gasteiger partial charge in [-0.05, 0) is 50.7 Å². The normalized spacial score (nSPS) is 18.9. The molecule has 1 amide bonds. The predicted molar refractivity (Wildman–Crippen MR) is 73.7 cm³/mol. The number of carbonyl (C=O) groups excluding carboxylic acids is 1. The fourth-order valence-corrected chi connectivity index (χ4v) is 2.71. The van der Waals surface area contributed by atoms with Crippen LogP contribution in [0.25, 0.3) is 0 Å². The van der Waals surface area contributed by atoms with Gasteiger partial charge in [-0.3, -0.25) is 10.2 Å². The molecular weight excluding hydrogens is 242 g/mol. The molecule has 1 aliphatic heterocycles. The van der Waals surface area contributed by atoms with Crippen molar-refractivity contribution in [3.8, 4) is 5.75 Å². The minimum atomic E-state index is -0.546. The van der Waals surface area contributed by atoms with E-state index in [1.54, 1.807) is 7.11 Å². The maximum absolute atomic E-state index is 12.3. The summed E-state index contributed by atoms with van der Waals surface area (Å²) in [5, 5.41) is 0. The number of nitrogens with one attached hydrogen (secondary N) is 1. The Balaban J connectivity index is 2.39. The van der Waals surface area contributed by atoms with Crippen LogP contribution in [0.3, 0.4) is 0 Å². The number of methoxy groups -OCH3 is 1. The van der Waals surface area contributed by atoms with E-state index < -0.39 is 5.41 Å². The number of hydrogen-bond acceptors (Lipinski definition) is 4. The summed E-state index contributed by atoms with van der Waals surface area (Å²) in [4.78, 5) is 14.5. The molecule has 0 bridgehead atoms. The van der Waals surface area contributed by atoms with Crippen molar-refractivity contribution in [2.45, 2.75) is 18.3 Å². The Hall–Kier alpha value is -1.59. The summed E-state index contributed by atoms with van der Waals surface area (Å²) in [7, 11) is 3.69. The van der Waals surface area contributed by atoms with E-state index in [1.165, 1.54) is 0 Å². The SMILES string of the molecule is COc1cccc(C2(C(=O)NN)CCN(C)CC2)c1. The van der Waals surface area contributed by atoms with Crippen LogP contribution in [0.4, 0.5) is 0 Å². The third-order valence-corrected chi connectivity index (χ3v) is 4.03. The maximum atomic E-state index is 12.3. The molecule has 0 saturated carbocycles. The summed E-state index contributed by atoms with van der Waals surface area (Å²) in [6.07, 6.45) is 1.53. The third kappa shape index (κ3) is 2.57. The van der Waals surface area contributed by atoms with Gasteiger partial charge in [-0.2, -0.15) is 0 Å². The van der Waals surface area contributed by atoms with Gasteiger partial charge < -0.3 is 9.64 Å². The zero-order valence-electron chi connectivity index (χ0n) is 11.5. The zero-order chi connectivity index (χ0) is 13.9. The minimum Gasteiger partial charge on any atom is -0.497 e. The molecule has 1 heterocycles. The third-order valence-electron chi connectivity index (χ3n) is 4.03. The van der Waals surface area contributed by atoms with Crippen LogP contribution in [0.15, 0.2) is 24.3 Å². The molecule has 1 aromatic rings. The first-order valence-electron chi connectivity index (χ1n) is 6.46. The van der Waals surface area contributed by atoms with Crippen LogP contribution in [0.1, 0.15) is 18.4 Å². The number of benzene rings is 1. The summed E-state index contributed by atoms with van der Waals surface area (Å²) in [5.74, 6) is 6.03. The topological polar surface area (TPSA) is 67.6 Å². The fourth-order valence-electron chi connectivity index (χ4n) is 2.71. The number of likely N-dealkylation sites (tertiary alicyclic amines) is 1. The first-order chi connectivity index (χ1) is 9.12. The van der Waals surface area contributed by atoms with Crippen molar-refractivity contribution in [3.63, 3.8) is 0 Å². The van der Waals surface area contributed by atoms with Crippen molar-refractivity contribution in [1.29, 1.82) is 0 Å². The van der Waals surface area contributed by atoms with E-state index in [2.05, 4.69) is 17.4 Å². The second-order valence-corrected chi connectivity index (χ2v) is 5.09. The lowest BCUT2D eigenvalue weighted by atomic mass is 9.72. The average Bonchev–Trinajstić information content (AvgIpc) is 2.47. The average molecular weight is 263 g/mol. The molecule has 2 rings (SSSR count). The number of nitrogens with two attached hydrogens (primary N) is 1. The molecule has 0 unspecified atom stereocenters. The van der Waals surface area contributed by atoms with Gasteiger partial charge in [0.1, 0.15) is 5.75 Å². The summed E-state index contributed by atoms with van der Waals surface area (Å²) in [6, 6.07) is 7.70. The number of hydrazine groups is 1. The molecule has 1 saturated heterocycles. The largest absolute Gasteiger partial charge is 0.497 e. The van der Waals surface area contributed by atoms with Crippen molar-refractivity contribution >= 4 is 5.91 Å². The monoisotopic (exact) mass is 263 g/mol. The Labute approximate surface area is 113 Å².